The zero-order chi connectivity index (χ0) is 17.4. The Kier molecular flexibility index (Phi) is 4.19. The van der Waals surface area contributed by atoms with E-state index in [2.05, 4.69) is 53.0 Å². The van der Waals surface area contributed by atoms with E-state index in [-0.39, 0.29) is 17.8 Å². The summed E-state index contributed by atoms with van der Waals surface area (Å²) < 4.78 is 5.81. The van der Waals surface area contributed by atoms with Gasteiger partial charge in [0.05, 0.1) is 23.5 Å². The van der Waals surface area contributed by atoms with Crippen molar-refractivity contribution in [2.24, 2.45) is 0 Å². The van der Waals surface area contributed by atoms with Gasteiger partial charge in [0.1, 0.15) is 0 Å². The molecule has 0 amide bonds. The number of rotatable bonds is 3. The van der Waals surface area contributed by atoms with Crippen LogP contribution in [0.15, 0.2) is 41.3 Å². The number of ether oxygens (including phenoxy) is 1. The number of morpholine rings is 1. The zero-order valence-corrected chi connectivity index (χ0v) is 14.5. The molecule has 3 heterocycles. The van der Waals surface area contributed by atoms with Crippen molar-refractivity contribution in [3.63, 3.8) is 0 Å². The third-order valence-electron chi connectivity index (χ3n) is 4.64. The summed E-state index contributed by atoms with van der Waals surface area (Å²) in [5, 5.41) is 1.12. The van der Waals surface area contributed by atoms with Gasteiger partial charge in [-0.25, -0.2) is 0 Å². The van der Waals surface area contributed by atoms with Crippen LogP contribution in [-0.4, -0.2) is 40.2 Å². The fourth-order valence-electron chi connectivity index (χ4n) is 3.67. The Morgan fingerprint density at radius 2 is 2.04 bits per heavy atom. The maximum absolute atomic E-state index is 12.0. The molecule has 2 atom stereocenters. The van der Waals surface area contributed by atoms with Crippen LogP contribution >= 0.6 is 0 Å². The monoisotopic (exact) mass is 336 g/mol. The van der Waals surface area contributed by atoms with Gasteiger partial charge >= 0.3 is 0 Å². The Morgan fingerprint density at radius 3 is 2.80 bits per heavy atom. The number of benzene rings is 1. The predicted molar refractivity (Wildman–Crippen MR) is 98.5 cm³/mol. The number of aromatic amines is 2. The maximum Gasteiger partial charge on any atom is 0.257 e. The highest BCUT2D eigenvalue weighted by Crippen LogP contribution is 2.24. The van der Waals surface area contributed by atoms with Crippen molar-refractivity contribution >= 4 is 10.9 Å². The lowest BCUT2D eigenvalue weighted by Crippen LogP contribution is -2.44. The van der Waals surface area contributed by atoms with E-state index in [4.69, 9.17) is 4.74 Å². The molecular formula is C20H22N3O2. The number of hydrogen-bond donors (Lipinski definition) is 2. The fourth-order valence-corrected chi connectivity index (χ4v) is 3.67. The number of H-pyrrole nitrogens is 2. The van der Waals surface area contributed by atoms with E-state index in [1.165, 1.54) is 11.8 Å². The highest BCUT2D eigenvalue weighted by Gasteiger charge is 2.22. The summed E-state index contributed by atoms with van der Waals surface area (Å²) in [6.07, 6.45) is 2.07. The minimum atomic E-state index is -0.109. The highest BCUT2D eigenvalue weighted by molar-refractivity contribution is 5.86. The third-order valence-corrected chi connectivity index (χ3v) is 4.64. The quantitative estimate of drug-likeness (QED) is 0.773. The average Bonchev–Trinajstić information content (AvgIpc) is 2.97. The minimum Gasteiger partial charge on any atom is -0.373 e. The van der Waals surface area contributed by atoms with Crippen molar-refractivity contribution in [2.75, 3.05) is 13.1 Å². The SMILES string of the molecule is CC1CN(Cc2ccc3[nH]c(-c4c[c]c[nH]c4=O)cc3c2)CC(C)O1. The standard InChI is InChI=1S/C20H22N3O2/c1-13-10-23(11-14(2)25-13)12-15-5-6-18-16(8-15)9-19(22-18)17-4-3-7-21-20(17)24/h4-9,13-14,22H,10-12H2,1-2H3,(H,21,24). The summed E-state index contributed by atoms with van der Waals surface area (Å²) in [4.78, 5) is 20.4. The van der Waals surface area contributed by atoms with Gasteiger partial charge in [-0.1, -0.05) is 6.07 Å². The average molecular weight is 336 g/mol. The molecule has 5 nitrogen and oxygen atoms in total. The van der Waals surface area contributed by atoms with Gasteiger partial charge in [0.15, 0.2) is 0 Å². The van der Waals surface area contributed by atoms with Crippen LogP contribution in [0.4, 0.5) is 0 Å². The van der Waals surface area contributed by atoms with E-state index < -0.39 is 0 Å². The number of pyridine rings is 1. The Morgan fingerprint density at radius 1 is 1.24 bits per heavy atom. The molecule has 0 saturated carbocycles. The summed E-state index contributed by atoms with van der Waals surface area (Å²) >= 11 is 0. The van der Waals surface area contributed by atoms with Gasteiger partial charge in [-0.3, -0.25) is 9.69 Å². The van der Waals surface area contributed by atoms with Crippen LogP contribution in [0, 0.1) is 6.07 Å². The molecular weight excluding hydrogens is 314 g/mol. The molecule has 1 aliphatic rings. The van der Waals surface area contributed by atoms with Gasteiger partial charge in [-0.05, 0) is 43.7 Å². The van der Waals surface area contributed by atoms with Crippen LogP contribution in [0.5, 0.6) is 0 Å². The molecule has 5 heteroatoms. The predicted octanol–water partition coefficient (Wildman–Crippen LogP) is 2.93. The van der Waals surface area contributed by atoms with Crippen molar-refractivity contribution in [1.29, 1.82) is 0 Å². The summed E-state index contributed by atoms with van der Waals surface area (Å²) in [6.45, 7) is 7.07. The van der Waals surface area contributed by atoms with Gasteiger partial charge in [0.25, 0.3) is 5.56 Å². The molecule has 1 aliphatic heterocycles. The third kappa shape index (κ3) is 3.38. The Hall–Kier alpha value is -2.37. The fraction of sp³-hybridized carbons (Fsp3) is 0.350. The molecule has 2 aromatic heterocycles. The first kappa shape index (κ1) is 16.1. The van der Waals surface area contributed by atoms with E-state index in [0.29, 0.717) is 5.56 Å². The Bertz CT molecular complexity index is 933. The normalized spacial score (nSPS) is 21.7. The van der Waals surface area contributed by atoms with E-state index in [1.807, 2.05) is 6.07 Å². The molecule has 1 fully saturated rings. The van der Waals surface area contributed by atoms with Crippen LogP contribution in [0.3, 0.4) is 0 Å². The minimum absolute atomic E-state index is 0.109. The molecule has 1 saturated heterocycles. The van der Waals surface area contributed by atoms with Crippen molar-refractivity contribution in [3.8, 4) is 11.3 Å². The molecule has 3 aromatic rings. The van der Waals surface area contributed by atoms with Crippen molar-refractivity contribution in [2.45, 2.75) is 32.6 Å². The lowest BCUT2D eigenvalue weighted by Gasteiger charge is -2.35. The second kappa shape index (κ2) is 6.50. The molecule has 129 valence electrons. The smallest absolute Gasteiger partial charge is 0.257 e. The first-order valence-corrected chi connectivity index (χ1v) is 8.67. The van der Waals surface area contributed by atoms with Gasteiger partial charge < -0.3 is 14.7 Å². The summed E-state index contributed by atoms with van der Waals surface area (Å²) in [5.74, 6) is 0. The summed E-state index contributed by atoms with van der Waals surface area (Å²) in [6, 6.07) is 13.1. The molecule has 25 heavy (non-hydrogen) atoms. The molecule has 0 bridgehead atoms. The van der Waals surface area contributed by atoms with Crippen LogP contribution in [-0.2, 0) is 11.3 Å². The molecule has 1 aromatic carbocycles. The first-order valence-electron chi connectivity index (χ1n) is 8.67. The summed E-state index contributed by atoms with van der Waals surface area (Å²) in [7, 11) is 0. The van der Waals surface area contributed by atoms with Crippen LogP contribution in [0.25, 0.3) is 22.2 Å². The second-order valence-corrected chi connectivity index (χ2v) is 6.90. The zero-order valence-electron chi connectivity index (χ0n) is 14.5. The molecule has 0 aliphatic carbocycles. The van der Waals surface area contributed by atoms with Crippen LogP contribution in [0.1, 0.15) is 19.4 Å². The summed E-state index contributed by atoms with van der Waals surface area (Å²) in [5.41, 5.74) is 3.62. The molecule has 4 rings (SSSR count). The maximum atomic E-state index is 12.0. The molecule has 2 unspecified atom stereocenters. The number of hydrogen-bond acceptors (Lipinski definition) is 3. The molecule has 1 radical (unpaired) electrons. The van der Waals surface area contributed by atoms with E-state index >= 15 is 0 Å². The van der Waals surface area contributed by atoms with Gasteiger partial charge in [0, 0.05) is 42.8 Å². The Balaban J connectivity index is 1.60. The van der Waals surface area contributed by atoms with Gasteiger partial charge in [-0.15, -0.1) is 0 Å². The number of nitrogens with one attached hydrogen (secondary N) is 2. The largest absolute Gasteiger partial charge is 0.373 e. The van der Waals surface area contributed by atoms with E-state index in [9.17, 15) is 4.79 Å². The topological polar surface area (TPSA) is 61.1 Å². The first-order chi connectivity index (χ1) is 12.1. The molecule has 2 N–H and O–H groups in total. The van der Waals surface area contributed by atoms with Gasteiger partial charge in [0.2, 0.25) is 0 Å². The van der Waals surface area contributed by atoms with Crippen molar-refractivity contribution in [1.82, 2.24) is 14.9 Å². The molecule has 0 spiro atoms. The Labute approximate surface area is 146 Å². The highest BCUT2D eigenvalue weighted by atomic mass is 16.5. The lowest BCUT2D eigenvalue weighted by atomic mass is 10.1. The second-order valence-electron chi connectivity index (χ2n) is 6.90. The van der Waals surface area contributed by atoms with E-state index in [0.717, 1.165) is 36.2 Å². The van der Waals surface area contributed by atoms with Crippen LogP contribution in [0.2, 0.25) is 0 Å². The number of nitrogens with zero attached hydrogens (tertiary/aromatic N) is 1. The number of fused-ring (bicyclic) bond motifs is 1. The van der Waals surface area contributed by atoms with Crippen molar-refractivity contribution in [3.05, 3.63) is 58.5 Å². The lowest BCUT2D eigenvalue weighted by molar-refractivity contribution is -0.0704. The van der Waals surface area contributed by atoms with Gasteiger partial charge in [-0.2, -0.15) is 0 Å². The van der Waals surface area contributed by atoms with Crippen LogP contribution < -0.4 is 5.56 Å². The van der Waals surface area contributed by atoms with Crippen molar-refractivity contribution < 1.29 is 4.74 Å². The number of aromatic nitrogens is 2. The van der Waals surface area contributed by atoms with E-state index in [1.54, 1.807) is 6.07 Å².